The van der Waals surface area contributed by atoms with Crippen molar-refractivity contribution in [2.45, 2.75) is 18.2 Å². The number of nitrogens with one attached hydrogen (secondary N) is 1. The average Bonchev–Trinajstić information content (AvgIpc) is 2.67. The number of halogens is 1. The molecule has 0 unspecified atom stereocenters. The molecule has 6 nitrogen and oxygen atoms in total. The van der Waals surface area contributed by atoms with Gasteiger partial charge in [-0.3, -0.25) is 4.72 Å². The summed E-state index contributed by atoms with van der Waals surface area (Å²) in [5, 5.41) is 8.18. The van der Waals surface area contributed by atoms with E-state index in [1.54, 1.807) is 54.6 Å². The molecule has 0 atom stereocenters. The molecule has 8 heteroatoms. The Bertz CT molecular complexity index is 990. The summed E-state index contributed by atoms with van der Waals surface area (Å²) in [5.74, 6) is 0.488. The predicted molar refractivity (Wildman–Crippen MR) is 113 cm³/mol. The van der Waals surface area contributed by atoms with E-state index >= 15 is 0 Å². The van der Waals surface area contributed by atoms with Crippen LogP contribution in [0.25, 0.3) is 11.3 Å². The summed E-state index contributed by atoms with van der Waals surface area (Å²) in [4.78, 5) is 0.223. The Labute approximate surface area is 172 Å². The Balaban J connectivity index is 1.72. The lowest BCUT2D eigenvalue weighted by atomic mass is 10.1. The van der Waals surface area contributed by atoms with E-state index in [0.29, 0.717) is 23.9 Å². The topological polar surface area (TPSA) is 81.2 Å². The second-order valence-electron chi connectivity index (χ2n) is 5.74. The van der Waals surface area contributed by atoms with Gasteiger partial charge < -0.3 is 4.74 Å². The molecule has 3 rings (SSSR count). The van der Waals surface area contributed by atoms with E-state index in [2.05, 4.69) is 37.5 Å². The predicted octanol–water partition coefficient (Wildman–Crippen LogP) is 4.34. The van der Waals surface area contributed by atoms with Crippen molar-refractivity contribution in [1.82, 2.24) is 10.2 Å². The van der Waals surface area contributed by atoms with Gasteiger partial charge in [0.25, 0.3) is 10.0 Å². The number of rotatable bonds is 7. The standard InChI is InChI=1S/C19H18IN3O3S/c1-2-13-26-19-12-11-18(21-22-19)14-3-7-16(8-4-14)23-27(24,25)17-9-5-15(20)6-10-17/h3-12,23H,2,13H2,1H3. The minimum absolute atomic E-state index is 0.223. The number of anilines is 1. The van der Waals surface area contributed by atoms with E-state index in [1.807, 2.05) is 13.0 Å². The molecule has 0 aliphatic carbocycles. The van der Waals surface area contributed by atoms with Crippen LogP contribution in [0, 0.1) is 3.57 Å². The molecule has 0 amide bonds. The third kappa shape index (κ3) is 5.16. The van der Waals surface area contributed by atoms with Gasteiger partial charge in [0.1, 0.15) is 0 Å². The molecule has 0 bridgehead atoms. The van der Waals surface area contributed by atoms with Gasteiger partial charge in [-0.2, -0.15) is 0 Å². The number of hydrogen-bond donors (Lipinski definition) is 1. The Morgan fingerprint density at radius 3 is 2.26 bits per heavy atom. The molecule has 0 radical (unpaired) electrons. The molecule has 1 N–H and O–H groups in total. The zero-order chi connectivity index (χ0) is 19.3. The highest BCUT2D eigenvalue weighted by atomic mass is 127. The van der Waals surface area contributed by atoms with Crippen LogP contribution in [-0.4, -0.2) is 25.2 Å². The summed E-state index contributed by atoms with van der Waals surface area (Å²) in [5.41, 5.74) is 2.00. The summed E-state index contributed by atoms with van der Waals surface area (Å²) in [6, 6.07) is 17.2. The Morgan fingerprint density at radius 1 is 0.963 bits per heavy atom. The van der Waals surface area contributed by atoms with Crippen molar-refractivity contribution in [1.29, 1.82) is 0 Å². The SMILES string of the molecule is CCCOc1ccc(-c2ccc(NS(=O)(=O)c3ccc(I)cc3)cc2)nn1. The fourth-order valence-electron chi connectivity index (χ4n) is 2.29. The number of hydrogen-bond acceptors (Lipinski definition) is 5. The first kappa shape index (κ1) is 19.6. The Hall–Kier alpha value is -2.20. The lowest BCUT2D eigenvalue weighted by Gasteiger charge is -2.09. The summed E-state index contributed by atoms with van der Waals surface area (Å²) < 4.78 is 33.9. The number of benzene rings is 2. The fraction of sp³-hybridized carbons (Fsp3) is 0.158. The summed E-state index contributed by atoms with van der Waals surface area (Å²) >= 11 is 2.13. The summed E-state index contributed by atoms with van der Waals surface area (Å²) in [7, 11) is -3.62. The van der Waals surface area contributed by atoms with Crippen molar-refractivity contribution in [2.75, 3.05) is 11.3 Å². The first-order valence-electron chi connectivity index (χ1n) is 8.33. The van der Waals surface area contributed by atoms with Crippen LogP contribution < -0.4 is 9.46 Å². The van der Waals surface area contributed by atoms with Crippen molar-refractivity contribution in [3.8, 4) is 17.1 Å². The van der Waals surface area contributed by atoms with Crippen LogP contribution in [-0.2, 0) is 10.0 Å². The van der Waals surface area contributed by atoms with E-state index in [1.165, 1.54) is 0 Å². The Morgan fingerprint density at radius 2 is 1.67 bits per heavy atom. The maximum absolute atomic E-state index is 12.4. The quantitative estimate of drug-likeness (QED) is 0.494. The second kappa shape index (κ2) is 8.66. The first-order chi connectivity index (χ1) is 13.0. The first-order valence-corrected chi connectivity index (χ1v) is 10.9. The van der Waals surface area contributed by atoms with Crippen molar-refractivity contribution >= 4 is 38.3 Å². The fourth-order valence-corrected chi connectivity index (χ4v) is 3.71. The van der Waals surface area contributed by atoms with Crippen LogP contribution in [0.4, 0.5) is 5.69 Å². The molecule has 0 aliphatic heterocycles. The van der Waals surface area contributed by atoms with E-state index in [4.69, 9.17) is 4.74 Å². The molecule has 1 heterocycles. The third-order valence-electron chi connectivity index (χ3n) is 3.65. The zero-order valence-corrected chi connectivity index (χ0v) is 17.6. The van der Waals surface area contributed by atoms with Gasteiger partial charge in [0, 0.05) is 20.9 Å². The van der Waals surface area contributed by atoms with E-state index in [0.717, 1.165) is 15.6 Å². The van der Waals surface area contributed by atoms with Gasteiger partial charge >= 0.3 is 0 Å². The highest BCUT2D eigenvalue weighted by molar-refractivity contribution is 14.1. The molecule has 0 spiro atoms. The van der Waals surface area contributed by atoms with Gasteiger partial charge in [-0.15, -0.1) is 10.2 Å². The third-order valence-corrected chi connectivity index (χ3v) is 5.77. The van der Waals surface area contributed by atoms with Gasteiger partial charge in [0.05, 0.1) is 17.2 Å². The lowest BCUT2D eigenvalue weighted by Crippen LogP contribution is -2.12. The van der Waals surface area contributed by atoms with Crippen LogP contribution in [0.15, 0.2) is 65.6 Å². The number of ether oxygens (including phenoxy) is 1. The lowest BCUT2D eigenvalue weighted by molar-refractivity contribution is 0.302. The van der Waals surface area contributed by atoms with Crippen LogP contribution >= 0.6 is 22.6 Å². The minimum Gasteiger partial charge on any atom is -0.477 e. The maximum Gasteiger partial charge on any atom is 0.261 e. The van der Waals surface area contributed by atoms with Gasteiger partial charge in [-0.1, -0.05) is 19.1 Å². The largest absolute Gasteiger partial charge is 0.477 e. The van der Waals surface area contributed by atoms with Crippen LogP contribution in [0.5, 0.6) is 5.88 Å². The van der Waals surface area contributed by atoms with Crippen LogP contribution in [0.2, 0.25) is 0 Å². The molecule has 0 fully saturated rings. The van der Waals surface area contributed by atoms with Gasteiger partial charge in [0.15, 0.2) is 0 Å². The molecule has 2 aromatic carbocycles. The number of aromatic nitrogens is 2. The normalized spacial score (nSPS) is 11.2. The van der Waals surface area contributed by atoms with Gasteiger partial charge in [-0.05, 0) is 71.5 Å². The molecule has 3 aromatic rings. The number of sulfonamides is 1. The highest BCUT2D eigenvalue weighted by Crippen LogP contribution is 2.22. The monoisotopic (exact) mass is 495 g/mol. The minimum atomic E-state index is -3.62. The van der Waals surface area contributed by atoms with Crippen molar-refractivity contribution in [3.63, 3.8) is 0 Å². The van der Waals surface area contributed by atoms with Gasteiger partial charge in [0.2, 0.25) is 5.88 Å². The molecular weight excluding hydrogens is 477 g/mol. The van der Waals surface area contributed by atoms with E-state index in [-0.39, 0.29) is 4.90 Å². The molecule has 1 aromatic heterocycles. The highest BCUT2D eigenvalue weighted by Gasteiger charge is 2.14. The molecular formula is C19H18IN3O3S. The maximum atomic E-state index is 12.4. The van der Waals surface area contributed by atoms with Crippen molar-refractivity contribution < 1.29 is 13.2 Å². The van der Waals surface area contributed by atoms with E-state index in [9.17, 15) is 8.42 Å². The number of nitrogens with zero attached hydrogens (tertiary/aromatic N) is 2. The average molecular weight is 495 g/mol. The molecule has 140 valence electrons. The van der Waals surface area contributed by atoms with E-state index < -0.39 is 10.0 Å². The summed E-state index contributed by atoms with van der Waals surface area (Å²) in [6.07, 6.45) is 0.906. The van der Waals surface area contributed by atoms with Gasteiger partial charge in [-0.25, -0.2) is 8.42 Å². The Kier molecular flexibility index (Phi) is 6.27. The second-order valence-corrected chi connectivity index (χ2v) is 8.67. The zero-order valence-electron chi connectivity index (χ0n) is 14.6. The van der Waals surface area contributed by atoms with Crippen LogP contribution in [0.3, 0.4) is 0 Å². The smallest absolute Gasteiger partial charge is 0.261 e. The molecule has 0 saturated heterocycles. The summed E-state index contributed by atoms with van der Waals surface area (Å²) in [6.45, 7) is 2.62. The molecule has 0 saturated carbocycles. The van der Waals surface area contributed by atoms with Crippen LogP contribution in [0.1, 0.15) is 13.3 Å². The van der Waals surface area contributed by atoms with Crippen molar-refractivity contribution in [2.24, 2.45) is 0 Å². The molecule has 27 heavy (non-hydrogen) atoms. The molecule has 0 aliphatic rings. The van der Waals surface area contributed by atoms with Crippen molar-refractivity contribution in [3.05, 3.63) is 64.2 Å².